The van der Waals surface area contributed by atoms with Crippen molar-refractivity contribution in [2.45, 2.75) is 39.7 Å². The summed E-state index contributed by atoms with van der Waals surface area (Å²) in [5.41, 5.74) is 2.44. The van der Waals surface area contributed by atoms with Crippen LogP contribution in [0.2, 0.25) is 0 Å². The molecule has 0 radical (unpaired) electrons. The third-order valence-electron chi connectivity index (χ3n) is 2.67. The van der Waals surface area contributed by atoms with Gasteiger partial charge in [0, 0.05) is 10.5 Å². The highest BCUT2D eigenvalue weighted by atomic mass is 79.9. The van der Waals surface area contributed by atoms with Crippen LogP contribution >= 0.6 is 15.9 Å². The maximum Gasteiger partial charge on any atom is 0.124 e. The molecule has 0 aromatic heterocycles. The molecule has 1 aromatic rings. The molecule has 0 atom stereocenters. The zero-order valence-corrected chi connectivity index (χ0v) is 12.8. The number of hydrogen-bond donors (Lipinski definition) is 1. The Balaban J connectivity index is 2.48. The Morgan fingerprint density at radius 3 is 2.78 bits per heavy atom. The van der Waals surface area contributed by atoms with Gasteiger partial charge in [-0.2, -0.15) is 0 Å². The normalized spacial score (nSPS) is 12.2. The first-order valence-electron chi connectivity index (χ1n) is 6.32. The fourth-order valence-electron chi connectivity index (χ4n) is 1.73. The van der Waals surface area contributed by atoms with Crippen LogP contribution in [0.3, 0.4) is 0 Å². The average molecular weight is 314 g/mol. The van der Waals surface area contributed by atoms with Crippen molar-refractivity contribution < 1.29 is 4.39 Å². The second-order valence-electron chi connectivity index (χ2n) is 4.86. The number of benzene rings is 1. The van der Waals surface area contributed by atoms with Crippen LogP contribution in [0.25, 0.3) is 0 Å². The lowest BCUT2D eigenvalue weighted by molar-refractivity contribution is 0.594. The monoisotopic (exact) mass is 313 g/mol. The third kappa shape index (κ3) is 5.78. The maximum absolute atomic E-state index is 13.0. The first-order valence-corrected chi connectivity index (χ1v) is 7.11. The van der Waals surface area contributed by atoms with Crippen molar-refractivity contribution in [2.24, 2.45) is 0 Å². The van der Waals surface area contributed by atoms with Crippen LogP contribution in [-0.4, -0.2) is 12.6 Å². The number of hydrogen-bond acceptors (Lipinski definition) is 1. The van der Waals surface area contributed by atoms with E-state index in [0.717, 1.165) is 29.4 Å². The number of halogens is 2. The highest BCUT2D eigenvalue weighted by Gasteiger charge is 2.02. The summed E-state index contributed by atoms with van der Waals surface area (Å²) < 4.78 is 13.8. The van der Waals surface area contributed by atoms with Gasteiger partial charge >= 0.3 is 0 Å². The minimum Gasteiger partial charge on any atom is -0.314 e. The molecule has 100 valence electrons. The molecule has 1 nitrogen and oxygen atoms in total. The topological polar surface area (TPSA) is 12.0 Å². The van der Waals surface area contributed by atoms with E-state index in [-0.39, 0.29) is 5.82 Å². The van der Waals surface area contributed by atoms with Gasteiger partial charge in [0.1, 0.15) is 5.82 Å². The summed E-state index contributed by atoms with van der Waals surface area (Å²) in [6.45, 7) is 7.41. The quantitative estimate of drug-likeness (QED) is 0.603. The summed E-state index contributed by atoms with van der Waals surface area (Å²) in [7, 11) is 0. The van der Waals surface area contributed by atoms with Crippen LogP contribution in [0.5, 0.6) is 0 Å². The summed E-state index contributed by atoms with van der Waals surface area (Å²) in [5, 5.41) is 3.38. The Morgan fingerprint density at radius 2 is 2.17 bits per heavy atom. The van der Waals surface area contributed by atoms with Crippen LogP contribution in [0.15, 0.2) is 34.3 Å². The highest BCUT2D eigenvalue weighted by molar-refractivity contribution is 9.10. The van der Waals surface area contributed by atoms with Gasteiger partial charge in [-0.1, -0.05) is 47.5 Å². The number of nitrogens with one attached hydrogen (secondary N) is 1. The zero-order valence-electron chi connectivity index (χ0n) is 11.3. The smallest absolute Gasteiger partial charge is 0.124 e. The Bertz CT molecular complexity index is 413. The van der Waals surface area contributed by atoms with Crippen molar-refractivity contribution in [1.82, 2.24) is 5.32 Å². The van der Waals surface area contributed by atoms with E-state index in [1.807, 2.05) is 6.07 Å². The summed E-state index contributed by atoms with van der Waals surface area (Å²) in [5.74, 6) is -0.201. The molecule has 0 aliphatic rings. The largest absolute Gasteiger partial charge is 0.314 e. The lowest BCUT2D eigenvalue weighted by Crippen LogP contribution is -2.23. The van der Waals surface area contributed by atoms with Gasteiger partial charge in [-0.25, -0.2) is 4.39 Å². The van der Waals surface area contributed by atoms with E-state index in [1.54, 1.807) is 0 Å². The van der Waals surface area contributed by atoms with Crippen molar-refractivity contribution >= 4 is 15.9 Å². The van der Waals surface area contributed by atoms with Gasteiger partial charge in [-0.3, -0.25) is 0 Å². The fourth-order valence-corrected chi connectivity index (χ4v) is 2.22. The molecule has 0 bridgehead atoms. The number of allylic oxidation sites excluding steroid dienone is 1. The van der Waals surface area contributed by atoms with Crippen LogP contribution in [0.4, 0.5) is 4.39 Å². The maximum atomic E-state index is 13.0. The molecule has 0 heterocycles. The van der Waals surface area contributed by atoms with Gasteiger partial charge in [0.2, 0.25) is 0 Å². The molecule has 1 aromatic carbocycles. The average Bonchev–Trinajstić information content (AvgIpc) is 2.28. The molecule has 0 unspecified atom stereocenters. The van der Waals surface area contributed by atoms with Gasteiger partial charge in [0.15, 0.2) is 0 Å². The van der Waals surface area contributed by atoms with E-state index >= 15 is 0 Å². The van der Waals surface area contributed by atoms with E-state index in [4.69, 9.17) is 0 Å². The molecule has 18 heavy (non-hydrogen) atoms. The minimum absolute atomic E-state index is 0.201. The molecule has 1 N–H and O–H groups in total. The first-order chi connectivity index (χ1) is 8.49. The van der Waals surface area contributed by atoms with E-state index in [9.17, 15) is 4.39 Å². The summed E-state index contributed by atoms with van der Waals surface area (Å²) >= 11 is 3.40. The summed E-state index contributed by atoms with van der Waals surface area (Å²) in [4.78, 5) is 0. The van der Waals surface area contributed by atoms with Crippen molar-refractivity contribution in [3.05, 3.63) is 45.7 Å². The third-order valence-corrected chi connectivity index (χ3v) is 3.41. The van der Waals surface area contributed by atoms with Crippen LogP contribution in [0.1, 0.15) is 32.8 Å². The van der Waals surface area contributed by atoms with Crippen molar-refractivity contribution in [3.8, 4) is 0 Å². The lowest BCUT2D eigenvalue weighted by Gasteiger charge is -2.07. The van der Waals surface area contributed by atoms with E-state index < -0.39 is 0 Å². The van der Waals surface area contributed by atoms with E-state index in [0.29, 0.717) is 6.04 Å². The first kappa shape index (κ1) is 15.4. The molecule has 1 rings (SSSR count). The Morgan fingerprint density at radius 1 is 1.44 bits per heavy atom. The van der Waals surface area contributed by atoms with Crippen LogP contribution in [0, 0.1) is 5.82 Å². The molecule has 0 aliphatic carbocycles. The summed E-state index contributed by atoms with van der Waals surface area (Å²) in [6, 6.07) is 5.39. The van der Waals surface area contributed by atoms with Gasteiger partial charge in [0.05, 0.1) is 0 Å². The van der Waals surface area contributed by atoms with E-state index in [2.05, 4.69) is 48.1 Å². The van der Waals surface area contributed by atoms with Crippen molar-refractivity contribution in [1.29, 1.82) is 0 Å². The van der Waals surface area contributed by atoms with Gasteiger partial charge in [-0.15, -0.1) is 0 Å². The molecule has 0 saturated heterocycles. The fraction of sp³-hybridized carbons (Fsp3) is 0.467. The molecule has 3 heteroatoms. The van der Waals surface area contributed by atoms with Gasteiger partial charge in [-0.05, 0) is 44.0 Å². The molecular formula is C15H21BrFN. The standard InChI is InChI=1S/C15H21BrFN/c1-11(2)18-8-4-5-12(3)9-13-6-7-14(17)10-15(13)16/h5-7,10-11,18H,4,8-9H2,1-3H3. The second-order valence-corrected chi connectivity index (χ2v) is 5.71. The van der Waals surface area contributed by atoms with E-state index in [1.165, 1.54) is 17.7 Å². The predicted octanol–water partition coefficient (Wildman–Crippen LogP) is 4.47. The molecule has 0 spiro atoms. The minimum atomic E-state index is -0.201. The van der Waals surface area contributed by atoms with Gasteiger partial charge in [0.25, 0.3) is 0 Å². The highest BCUT2D eigenvalue weighted by Crippen LogP contribution is 2.20. The molecule has 0 saturated carbocycles. The van der Waals surface area contributed by atoms with Gasteiger partial charge < -0.3 is 5.32 Å². The molecule has 0 amide bonds. The van der Waals surface area contributed by atoms with Crippen LogP contribution in [-0.2, 0) is 6.42 Å². The molecule has 0 aliphatic heterocycles. The van der Waals surface area contributed by atoms with Crippen LogP contribution < -0.4 is 5.32 Å². The lowest BCUT2D eigenvalue weighted by atomic mass is 10.1. The zero-order chi connectivity index (χ0) is 13.5. The Kier molecular flexibility index (Phi) is 6.58. The van der Waals surface area contributed by atoms with Crippen molar-refractivity contribution in [3.63, 3.8) is 0 Å². The SMILES string of the molecule is CC(=CCCNC(C)C)Cc1ccc(F)cc1Br. The molecule has 0 fully saturated rings. The second kappa shape index (κ2) is 7.70. The predicted molar refractivity (Wildman–Crippen MR) is 79.3 cm³/mol. The summed E-state index contributed by atoms with van der Waals surface area (Å²) in [6.07, 6.45) is 4.14. The Labute approximate surface area is 118 Å². The molecular weight excluding hydrogens is 293 g/mol. The van der Waals surface area contributed by atoms with Crippen molar-refractivity contribution in [2.75, 3.05) is 6.54 Å². The Hall–Kier alpha value is -0.670. The number of rotatable bonds is 6.